The van der Waals surface area contributed by atoms with E-state index in [-0.39, 0.29) is 5.41 Å². The molecule has 4 heteroatoms. The standard InChI is InChI=1S/C11H20N4/c1-4-15(9-11(2,3)8-12)10-13-6-5-7-14-10/h5-7H,4,8-9,12H2,1-3H3. The van der Waals surface area contributed by atoms with Crippen molar-refractivity contribution in [2.75, 3.05) is 24.5 Å². The highest BCUT2D eigenvalue weighted by molar-refractivity contribution is 5.28. The van der Waals surface area contributed by atoms with Gasteiger partial charge in [-0.05, 0) is 24.9 Å². The molecule has 4 nitrogen and oxygen atoms in total. The zero-order valence-corrected chi connectivity index (χ0v) is 9.77. The average molecular weight is 208 g/mol. The van der Waals surface area contributed by atoms with Gasteiger partial charge in [0.15, 0.2) is 0 Å². The van der Waals surface area contributed by atoms with Gasteiger partial charge in [0.05, 0.1) is 0 Å². The predicted molar refractivity (Wildman–Crippen MR) is 62.8 cm³/mol. The first-order valence-corrected chi connectivity index (χ1v) is 5.31. The van der Waals surface area contributed by atoms with Crippen LogP contribution in [0.4, 0.5) is 5.95 Å². The van der Waals surface area contributed by atoms with Crippen molar-refractivity contribution < 1.29 is 0 Å². The van der Waals surface area contributed by atoms with Crippen LogP contribution in [0.2, 0.25) is 0 Å². The summed E-state index contributed by atoms with van der Waals surface area (Å²) in [4.78, 5) is 10.6. The van der Waals surface area contributed by atoms with Crippen LogP contribution in [-0.4, -0.2) is 29.6 Å². The SMILES string of the molecule is CCN(CC(C)(C)CN)c1ncccn1. The summed E-state index contributed by atoms with van der Waals surface area (Å²) < 4.78 is 0. The minimum absolute atomic E-state index is 0.0925. The van der Waals surface area contributed by atoms with Crippen molar-refractivity contribution in [3.05, 3.63) is 18.5 Å². The van der Waals surface area contributed by atoms with Crippen molar-refractivity contribution in [3.63, 3.8) is 0 Å². The summed E-state index contributed by atoms with van der Waals surface area (Å²) >= 11 is 0. The monoisotopic (exact) mass is 208 g/mol. The van der Waals surface area contributed by atoms with Crippen molar-refractivity contribution in [2.24, 2.45) is 11.1 Å². The van der Waals surface area contributed by atoms with Gasteiger partial charge in [-0.25, -0.2) is 9.97 Å². The Balaban J connectivity index is 2.73. The van der Waals surface area contributed by atoms with Gasteiger partial charge in [0.2, 0.25) is 5.95 Å². The number of anilines is 1. The Hall–Kier alpha value is -1.16. The Bertz CT molecular complexity index is 284. The van der Waals surface area contributed by atoms with Gasteiger partial charge < -0.3 is 10.6 Å². The molecule has 0 spiro atoms. The summed E-state index contributed by atoms with van der Waals surface area (Å²) in [6, 6.07) is 1.82. The molecule has 0 unspecified atom stereocenters. The second kappa shape index (κ2) is 5.07. The summed E-state index contributed by atoms with van der Waals surface area (Å²) in [5, 5.41) is 0. The molecular formula is C11H20N4. The Labute approximate surface area is 91.5 Å². The van der Waals surface area contributed by atoms with E-state index in [1.54, 1.807) is 12.4 Å². The van der Waals surface area contributed by atoms with Crippen LogP contribution in [0.3, 0.4) is 0 Å². The van der Waals surface area contributed by atoms with E-state index >= 15 is 0 Å². The lowest BCUT2D eigenvalue weighted by Gasteiger charge is -2.30. The molecule has 0 fully saturated rings. The smallest absolute Gasteiger partial charge is 0.225 e. The number of nitrogens with two attached hydrogens (primary N) is 1. The molecule has 0 amide bonds. The van der Waals surface area contributed by atoms with Crippen molar-refractivity contribution in [1.29, 1.82) is 0 Å². The van der Waals surface area contributed by atoms with Crippen molar-refractivity contribution in [2.45, 2.75) is 20.8 Å². The summed E-state index contributed by atoms with van der Waals surface area (Å²) in [7, 11) is 0. The number of hydrogen-bond donors (Lipinski definition) is 1. The fourth-order valence-corrected chi connectivity index (χ4v) is 1.36. The lowest BCUT2D eigenvalue weighted by molar-refractivity contribution is 0.377. The molecule has 0 aliphatic heterocycles. The number of aromatic nitrogens is 2. The summed E-state index contributed by atoms with van der Waals surface area (Å²) in [5.41, 5.74) is 5.81. The van der Waals surface area contributed by atoms with Crippen LogP contribution in [0.25, 0.3) is 0 Å². The zero-order valence-electron chi connectivity index (χ0n) is 9.77. The Kier molecular flexibility index (Phi) is 4.03. The molecule has 0 aliphatic carbocycles. The Morgan fingerprint density at radius 1 is 1.33 bits per heavy atom. The third kappa shape index (κ3) is 3.47. The molecule has 0 bridgehead atoms. The molecule has 0 atom stereocenters. The molecule has 84 valence electrons. The van der Waals surface area contributed by atoms with E-state index in [4.69, 9.17) is 5.73 Å². The largest absolute Gasteiger partial charge is 0.341 e. The molecule has 15 heavy (non-hydrogen) atoms. The van der Waals surface area contributed by atoms with Gasteiger partial charge in [-0.1, -0.05) is 13.8 Å². The molecule has 0 radical (unpaired) electrons. The summed E-state index contributed by atoms with van der Waals surface area (Å²) in [5.74, 6) is 0.779. The first kappa shape index (κ1) is 11.9. The van der Waals surface area contributed by atoms with Gasteiger partial charge >= 0.3 is 0 Å². The van der Waals surface area contributed by atoms with Crippen molar-refractivity contribution in [1.82, 2.24) is 9.97 Å². The fourth-order valence-electron chi connectivity index (χ4n) is 1.36. The average Bonchev–Trinajstić information content (AvgIpc) is 2.27. The van der Waals surface area contributed by atoms with E-state index in [0.717, 1.165) is 19.0 Å². The second-order valence-electron chi connectivity index (χ2n) is 4.43. The topological polar surface area (TPSA) is 55.0 Å². The Morgan fingerprint density at radius 2 is 1.93 bits per heavy atom. The van der Waals surface area contributed by atoms with E-state index < -0.39 is 0 Å². The number of nitrogens with zero attached hydrogens (tertiary/aromatic N) is 3. The van der Waals surface area contributed by atoms with Gasteiger partial charge in [0.1, 0.15) is 0 Å². The summed E-state index contributed by atoms with van der Waals surface area (Å²) in [6.45, 7) is 8.84. The number of rotatable bonds is 5. The first-order chi connectivity index (χ1) is 7.09. The van der Waals surface area contributed by atoms with Crippen LogP contribution in [0.1, 0.15) is 20.8 Å². The van der Waals surface area contributed by atoms with Gasteiger partial charge in [0.25, 0.3) is 0 Å². The summed E-state index contributed by atoms with van der Waals surface area (Å²) in [6.07, 6.45) is 3.53. The highest BCUT2D eigenvalue weighted by atomic mass is 15.2. The lowest BCUT2D eigenvalue weighted by atomic mass is 9.93. The molecule has 0 aromatic carbocycles. The van der Waals surface area contributed by atoms with Gasteiger partial charge in [-0.15, -0.1) is 0 Å². The highest BCUT2D eigenvalue weighted by Crippen LogP contribution is 2.17. The van der Waals surface area contributed by atoms with E-state index in [2.05, 4.69) is 35.6 Å². The van der Waals surface area contributed by atoms with Crippen LogP contribution in [0.15, 0.2) is 18.5 Å². The maximum atomic E-state index is 5.72. The molecule has 1 aromatic rings. The van der Waals surface area contributed by atoms with Crippen LogP contribution in [0.5, 0.6) is 0 Å². The normalized spacial score (nSPS) is 11.5. The molecule has 1 heterocycles. The van der Waals surface area contributed by atoms with Gasteiger partial charge in [0, 0.05) is 25.5 Å². The maximum Gasteiger partial charge on any atom is 0.225 e. The fraction of sp³-hybridized carbons (Fsp3) is 0.636. The third-order valence-electron chi connectivity index (χ3n) is 2.39. The maximum absolute atomic E-state index is 5.72. The molecule has 0 aliphatic rings. The van der Waals surface area contributed by atoms with Gasteiger partial charge in [-0.2, -0.15) is 0 Å². The van der Waals surface area contributed by atoms with Crippen LogP contribution < -0.4 is 10.6 Å². The quantitative estimate of drug-likeness (QED) is 0.792. The molecule has 2 N–H and O–H groups in total. The molecule has 0 saturated carbocycles. The number of hydrogen-bond acceptors (Lipinski definition) is 4. The van der Waals surface area contributed by atoms with E-state index in [1.807, 2.05) is 6.07 Å². The van der Waals surface area contributed by atoms with Crippen LogP contribution >= 0.6 is 0 Å². The minimum atomic E-state index is 0.0925. The van der Waals surface area contributed by atoms with Crippen LogP contribution in [0, 0.1) is 5.41 Å². The highest BCUT2D eigenvalue weighted by Gasteiger charge is 2.20. The molecule has 0 saturated heterocycles. The second-order valence-corrected chi connectivity index (χ2v) is 4.43. The van der Waals surface area contributed by atoms with Crippen molar-refractivity contribution in [3.8, 4) is 0 Å². The molecular weight excluding hydrogens is 188 g/mol. The van der Waals surface area contributed by atoms with E-state index in [1.165, 1.54) is 0 Å². The molecule has 1 rings (SSSR count). The van der Waals surface area contributed by atoms with Crippen LogP contribution in [-0.2, 0) is 0 Å². The molecule has 1 aromatic heterocycles. The van der Waals surface area contributed by atoms with Crippen molar-refractivity contribution >= 4 is 5.95 Å². The lowest BCUT2D eigenvalue weighted by Crippen LogP contribution is -2.39. The minimum Gasteiger partial charge on any atom is -0.341 e. The first-order valence-electron chi connectivity index (χ1n) is 5.31. The zero-order chi connectivity index (χ0) is 11.3. The van der Waals surface area contributed by atoms with E-state index in [0.29, 0.717) is 6.54 Å². The van der Waals surface area contributed by atoms with Gasteiger partial charge in [-0.3, -0.25) is 0 Å². The Morgan fingerprint density at radius 3 is 2.40 bits per heavy atom. The van der Waals surface area contributed by atoms with E-state index in [9.17, 15) is 0 Å². The third-order valence-corrected chi connectivity index (χ3v) is 2.39. The predicted octanol–water partition coefficient (Wildman–Crippen LogP) is 1.29.